The monoisotopic (exact) mass is 354 g/mol. The predicted molar refractivity (Wildman–Crippen MR) is 84.8 cm³/mol. The highest BCUT2D eigenvalue weighted by molar-refractivity contribution is 9.09. The summed E-state index contributed by atoms with van der Waals surface area (Å²) in [4.78, 5) is 23.4. The van der Waals surface area contributed by atoms with Gasteiger partial charge in [-0.15, -0.1) is 0 Å². The second-order valence-electron chi connectivity index (χ2n) is 5.55. The Morgan fingerprint density at radius 3 is 2.67 bits per heavy atom. The van der Waals surface area contributed by atoms with Gasteiger partial charge in [0.25, 0.3) is 11.6 Å². The van der Waals surface area contributed by atoms with Gasteiger partial charge in [-0.2, -0.15) is 0 Å². The summed E-state index contributed by atoms with van der Waals surface area (Å²) in [5.41, 5.74) is 0.680. The molecule has 1 N–H and O–H groups in total. The van der Waals surface area contributed by atoms with Crippen molar-refractivity contribution in [2.75, 3.05) is 6.54 Å². The third-order valence-electron chi connectivity index (χ3n) is 4.00. The standard InChI is InChI=1S/C15H19BrN2O3/c1-10-3-2-4-13(18(20)21)14(10)15(19)17-9-11-5-7-12(16)8-6-11/h2-4,11-12H,5-9H2,1H3,(H,17,19). The summed E-state index contributed by atoms with van der Waals surface area (Å²) in [5, 5.41) is 13.9. The Kier molecular flexibility index (Phi) is 5.33. The molecule has 1 aliphatic carbocycles. The van der Waals surface area contributed by atoms with Gasteiger partial charge in [-0.3, -0.25) is 14.9 Å². The van der Waals surface area contributed by atoms with Gasteiger partial charge in [-0.1, -0.05) is 28.1 Å². The fourth-order valence-electron chi connectivity index (χ4n) is 2.75. The Morgan fingerprint density at radius 1 is 1.38 bits per heavy atom. The van der Waals surface area contributed by atoms with Crippen molar-refractivity contribution in [1.82, 2.24) is 5.32 Å². The number of halogens is 1. The molecule has 0 heterocycles. The van der Waals surface area contributed by atoms with E-state index in [1.165, 1.54) is 6.07 Å². The molecule has 1 aromatic rings. The molecule has 6 heteroatoms. The first-order valence-corrected chi connectivity index (χ1v) is 8.07. The first-order chi connectivity index (χ1) is 9.99. The molecule has 0 unspecified atom stereocenters. The van der Waals surface area contributed by atoms with E-state index in [4.69, 9.17) is 0 Å². The van der Waals surface area contributed by atoms with E-state index in [0.717, 1.165) is 25.7 Å². The van der Waals surface area contributed by atoms with Crippen molar-refractivity contribution in [3.63, 3.8) is 0 Å². The maximum absolute atomic E-state index is 12.3. The highest BCUT2D eigenvalue weighted by Crippen LogP contribution is 2.28. The minimum absolute atomic E-state index is 0.128. The molecule has 1 aromatic carbocycles. The third-order valence-corrected chi connectivity index (χ3v) is 4.92. The van der Waals surface area contributed by atoms with Gasteiger partial charge in [0.1, 0.15) is 5.56 Å². The van der Waals surface area contributed by atoms with Crippen LogP contribution in [0.25, 0.3) is 0 Å². The zero-order valence-corrected chi connectivity index (χ0v) is 13.6. The number of aryl methyl sites for hydroxylation is 1. The first kappa shape index (κ1) is 15.9. The van der Waals surface area contributed by atoms with Crippen LogP contribution in [0, 0.1) is 23.0 Å². The number of nitro benzene ring substituents is 1. The lowest BCUT2D eigenvalue weighted by Crippen LogP contribution is -2.32. The topological polar surface area (TPSA) is 72.2 Å². The van der Waals surface area contributed by atoms with Crippen molar-refractivity contribution in [2.24, 2.45) is 5.92 Å². The zero-order valence-electron chi connectivity index (χ0n) is 12.0. The van der Waals surface area contributed by atoms with E-state index >= 15 is 0 Å². The smallest absolute Gasteiger partial charge is 0.282 e. The number of carbonyl (C=O) groups is 1. The van der Waals surface area contributed by atoms with Crippen molar-refractivity contribution in [3.05, 3.63) is 39.4 Å². The Morgan fingerprint density at radius 2 is 2.05 bits per heavy atom. The maximum atomic E-state index is 12.3. The minimum atomic E-state index is -0.502. The molecule has 0 spiro atoms. The summed E-state index contributed by atoms with van der Waals surface area (Å²) in [6.45, 7) is 2.31. The Balaban J connectivity index is 2.02. The van der Waals surface area contributed by atoms with Crippen LogP contribution in [0.3, 0.4) is 0 Å². The van der Waals surface area contributed by atoms with Gasteiger partial charge in [-0.05, 0) is 44.1 Å². The van der Waals surface area contributed by atoms with Gasteiger partial charge in [0.05, 0.1) is 4.92 Å². The lowest BCUT2D eigenvalue weighted by molar-refractivity contribution is -0.385. The molecular weight excluding hydrogens is 336 g/mol. The molecule has 1 fully saturated rings. The van der Waals surface area contributed by atoms with Crippen LogP contribution in [0.4, 0.5) is 5.69 Å². The molecule has 5 nitrogen and oxygen atoms in total. The van der Waals surface area contributed by atoms with E-state index in [1.54, 1.807) is 19.1 Å². The summed E-state index contributed by atoms with van der Waals surface area (Å²) < 4.78 is 0. The number of nitrogens with one attached hydrogen (secondary N) is 1. The summed E-state index contributed by atoms with van der Waals surface area (Å²) in [6.07, 6.45) is 4.38. The molecule has 0 aromatic heterocycles. The number of rotatable bonds is 4. The van der Waals surface area contributed by atoms with E-state index < -0.39 is 4.92 Å². The Labute approximate surface area is 132 Å². The minimum Gasteiger partial charge on any atom is -0.352 e. The number of amides is 1. The maximum Gasteiger partial charge on any atom is 0.282 e. The van der Waals surface area contributed by atoms with Gasteiger partial charge >= 0.3 is 0 Å². The summed E-state index contributed by atoms with van der Waals surface area (Å²) in [6, 6.07) is 4.69. The van der Waals surface area contributed by atoms with Crippen molar-refractivity contribution in [3.8, 4) is 0 Å². The van der Waals surface area contributed by atoms with E-state index in [0.29, 0.717) is 22.9 Å². The van der Waals surface area contributed by atoms with E-state index in [9.17, 15) is 14.9 Å². The number of hydrogen-bond acceptors (Lipinski definition) is 3. The van der Waals surface area contributed by atoms with Crippen molar-refractivity contribution >= 4 is 27.5 Å². The molecule has 1 aliphatic rings. The second-order valence-corrected chi connectivity index (χ2v) is 6.85. The fourth-order valence-corrected chi connectivity index (χ4v) is 3.28. The molecule has 0 saturated heterocycles. The number of nitro groups is 1. The molecule has 114 valence electrons. The van der Waals surface area contributed by atoms with Gasteiger partial charge < -0.3 is 5.32 Å². The van der Waals surface area contributed by atoms with Crippen LogP contribution in [0.2, 0.25) is 0 Å². The quantitative estimate of drug-likeness (QED) is 0.510. The van der Waals surface area contributed by atoms with Crippen LogP contribution in [-0.2, 0) is 0 Å². The SMILES string of the molecule is Cc1cccc([N+](=O)[O-])c1C(=O)NCC1CCC(Br)CC1. The number of carbonyl (C=O) groups excluding carboxylic acids is 1. The van der Waals surface area contributed by atoms with Gasteiger partial charge in [0.15, 0.2) is 0 Å². The van der Waals surface area contributed by atoms with Crippen LogP contribution < -0.4 is 5.32 Å². The summed E-state index contributed by atoms with van der Waals surface area (Å²) in [7, 11) is 0. The number of hydrogen-bond donors (Lipinski definition) is 1. The lowest BCUT2D eigenvalue weighted by atomic mass is 9.89. The molecule has 21 heavy (non-hydrogen) atoms. The molecule has 0 radical (unpaired) electrons. The average Bonchev–Trinajstić information content (AvgIpc) is 2.46. The van der Waals surface area contributed by atoms with Gasteiger partial charge in [0, 0.05) is 17.4 Å². The third kappa shape index (κ3) is 4.03. The summed E-state index contributed by atoms with van der Waals surface area (Å²) >= 11 is 3.61. The molecular formula is C15H19BrN2O3. The summed E-state index contributed by atoms with van der Waals surface area (Å²) in [5.74, 6) is 0.117. The largest absolute Gasteiger partial charge is 0.352 e. The average molecular weight is 355 g/mol. The van der Waals surface area contributed by atoms with Crippen LogP contribution in [0.5, 0.6) is 0 Å². The fraction of sp³-hybridized carbons (Fsp3) is 0.533. The molecule has 2 rings (SSSR count). The van der Waals surface area contributed by atoms with E-state index in [2.05, 4.69) is 21.2 Å². The van der Waals surface area contributed by atoms with E-state index in [-0.39, 0.29) is 17.2 Å². The van der Waals surface area contributed by atoms with Crippen molar-refractivity contribution < 1.29 is 9.72 Å². The molecule has 1 saturated carbocycles. The van der Waals surface area contributed by atoms with Crippen LogP contribution in [-0.4, -0.2) is 22.2 Å². The number of alkyl halides is 1. The lowest BCUT2D eigenvalue weighted by Gasteiger charge is -2.25. The Hall–Kier alpha value is -1.43. The van der Waals surface area contributed by atoms with Crippen LogP contribution in [0.15, 0.2) is 18.2 Å². The first-order valence-electron chi connectivity index (χ1n) is 7.15. The number of nitrogens with zero attached hydrogens (tertiary/aromatic N) is 1. The highest BCUT2D eigenvalue weighted by Gasteiger charge is 2.24. The molecule has 1 amide bonds. The van der Waals surface area contributed by atoms with Crippen molar-refractivity contribution in [1.29, 1.82) is 0 Å². The number of benzene rings is 1. The van der Waals surface area contributed by atoms with Gasteiger partial charge in [-0.25, -0.2) is 0 Å². The predicted octanol–water partition coefficient (Wildman–Crippen LogP) is 3.59. The van der Waals surface area contributed by atoms with Crippen LogP contribution >= 0.6 is 15.9 Å². The van der Waals surface area contributed by atoms with Gasteiger partial charge in [0.2, 0.25) is 0 Å². The molecule has 0 aliphatic heterocycles. The highest BCUT2D eigenvalue weighted by atomic mass is 79.9. The van der Waals surface area contributed by atoms with Crippen LogP contribution in [0.1, 0.15) is 41.6 Å². The van der Waals surface area contributed by atoms with E-state index in [1.807, 2.05) is 0 Å². The normalized spacial score (nSPS) is 21.8. The van der Waals surface area contributed by atoms with Crippen molar-refractivity contribution in [2.45, 2.75) is 37.4 Å². The molecule has 0 bridgehead atoms. The second kappa shape index (κ2) is 7.02. The molecule has 0 atom stereocenters. The Bertz CT molecular complexity index is 540. The zero-order chi connectivity index (χ0) is 15.4.